The maximum atomic E-state index is 13.3. The average Bonchev–Trinajstić information content (AvgIpc) is 3.38. The fourth-order valence-corrected chi connectivity index (χ4v) is 5.90. The topological polar surface area (TPSA) is 92.2 Å². The van der Waals surface area contributed by atoms with Crippen LogP contribution < -0.4 is 14.3 Å². The summed E-state index contributed by atoms with van der Waals surface area (Å²) in [5.41, 5.74) is 3.29. The minimum absolute atomic E-state index is 0.311. The Balaban J connectivity index is 1.64. The number of alkyl halides is 2. The number of halogens is 2. The molecule has 1 aromatic heterocycles. The second-order valence-corrected chi connectivity index (χ2v) is 13.0. The maximum absolute atomic E-state index is 13.3. The van der Waals surface area contributed by atoms with Crippen LogP contribution in [0.4, 0.5) is 20.2 Å². The molecule has 0 radical (unpaired) electrons. The number of nitrogens with zero attached hydrogens (tertiary/aromatic N) is 4. The third kappa shape index (κ3) is 7.03. The molecule has 12 heteroatoms. The van der Waals surface area contributed by atoms with Crippen LogP contribution in [-0.2, 0) is 22.0 Å². The van der Waals surface area contributed by atoms with Crippen LogP contribution in [0.15, 0.2) is 53.6 Å². The van der Waals surface area contributed by atoms with Crippen LogP contribution in [0.2, 0.25) is 0 Å². The minimum Gasteiger partial charge on any atom is -0.370 e. The highest BCUT2D eigenvalue weighted by Gasteiger charge is 2.28. The zero-order chi connectivity index (χ0) is 27.4. The van der Waals surface area contributed by atoms with E-state index in [1.165, 1.54) is 0 Å². The first-order valence-corrected chi connectivity index (χ1v) is 15.1. The van der Waals surface area contributed by atoms with Gasteiger partial charge in [-0.2, -0.15) is 0 Å². The van der Waals surface area contributed by atoms with Gasteiger partial charge in [0, 0.05) is 41.6 Å². The van der Waals surface area contributed by atoms with Crippen molar-refractivity contribution in [1.29, 1.82) is 0 Å². The SMILES string of the molecule is CCS(=O)Nc1ccc(-n2cc(-c3cccc(S(=O)NC(C)(C)C)c3)nn2)c(N2CCC(C(F)F)CC2)c1. The molecule has 0 aliphatic carbocycles. The van der Waals surface area contributed by atoms with E-state index >= 15 is 0 Å². The number of nitrogens with one attached hydrogen (secondary N) is 2. The normalized spacial score (nSPS) is 16.6. The van der Waals surface area contributed by atoms with Crippen LogP contribution in [0.25, 0.3) is 16.9 Å². The molecule has 2 heterocycles. The van der Waals surface area contributed by atoms with Gasteiger partial charge in [0.1, 0.15) is 27.7 Å². The lowest BCUT2D eigenvalue weighted by molar-refractivity contribution is 0.0636. The lowest BCUT2D eigenvalue weighted by atomic mass is 9.97. The van der Waals surface area contributed by atoms with Crippen molar-refractivity contribution in [2.24, 2.45) is 5.92 Å². The Labute approximate surface area is 227 Å². The first-order valence-electron chi connectivity index (χ1n) is 12.6. The quantitative estimate of drug-likeness (QED) is 0.385. The maximum Gasteiger partial charge on any atom is 0.241 e. The van der Waals surface area contributed by atoms with Crippen LogP contribution in [-0.4, -0.2) is 54.2 Å². The molecule has 38 heavy (non-hydrogen) atoms. The van der Waals surface area contributed by atoms with Gasteiger partial charge in [0.25, 0.3) is 0 Å². The van der Waals surface area contributed by atoms with Gasteiger partial charge < -0.3 is 9.62 Å². The van der Waals surface area contributed by atoms with E-state index in [9.17, 15) is 17.2 Å². The van der Waals surface area contributed by atoms with Crippen LogP contribution >= 0.6 is 0 Å². The van der Waals surface area contributed by atoms with E-state index < -0.39 is 34.3 Å². The van der Waals surface area contributed by atoms with Gasteiger partial charge >= 0.3 is 0 Å². The summed E-state index contributed by atoms with van der Waals surface area (Å²) >= 11 is 0. The second kappa shape index (κ2) is 12.0. The molecule has 2 N–H and O–H groups in total. The van der Waals surface area contributed by atoms with Crippen LogP contribution in [0, 0.1) is 5.92 Å². The zero-order valence-electron chi connectivity index (χ0n) is 22.0. The van der Waals surface area contributed by atoms with Crippen LogP contribution in [0.1, 0.15) is 40.5 Å². The first-order chi connectivity index (χ1) is 18.0. The molecule has 1 fully saturated rings. The highest BCUT2D eigenvalue weighted by molar-refractivity contribution is 7.86. The number of rotatable bonds is 9. The Kier molecular flexibility index (Phi) is 8.94. The van der Waals surface area contributed by atoms with E-state index in [0.29, 0.717) is 48.0 Å². The molecule has 2 atom stereocenters. The van der Waals surface area contributed by atoms with Crippen LogP contribution in [0.5, 0.6) is 0 Å². The lowest BCUT2D eigenvalue weighted by Crippen LogP contribution is -2.37. The molecule has 0 bridgehead atoms. The monoisotopic (exact) mass is 564 g/mol. The largest absolute Gasteiger partial charge is 0.370 e. The van der Waals surface area contributed by atoms with Crippen molar-refractivity contribution in [3.05, 3.63) is 48.7 Å². The highest BCUT2D eigenvalue weighted by atomic mass is 32.2. The molecule has 2 unspecified atom stereocenters. The summed E-state index contributed by atoms with van der Waals surface area (Å²) in [4.78, 5) is 2.70. The standard InChI is InChI=1S/C26H34F2N6O2S2/c1-5-37(35)30-20-9-10-23(24(16-20)33-13-11-18(12-14-33)25(27)28)34-17-22(29-32-34)19-7-6-8-21(15-19)38(36)31-26(2,3)4/h6-10,15-18,25,30-31H,5,11-14H2,1-4H3. The third-order valence-electron chi connectivity index (χ3n) is 6.19. The second-order valence-electron chi connectivity index (χ2n) is 10.3. The first kappa shape index (κ1) is 28.3. The summed E-state index contributed by atoms with van der Waals surface area (Å²) in [7, 11) is -2.61. The van der Waals surface area contributed by atoms with E-state index in [1.807, 2.05) is 64.1 Å². The van der Waals surface area contributed by atoms with E-state index in [1.54, 1.807) is 16.9 Å². The molecule has 0 spiro atoms. The van der Waals surface area contributed by atoms with Gasteiger partial charge in [0.15, 0.2) is 0 Å². The van der Waals surface area contributed by atoms with Gasteiger partial charge in [0.2, 0.25) is 6.43 Å². The molecule has 0 saturated carbocycles. The Bertz CT molecular complexity index is 1300. The summed E-state index contributed by atoms with van der Waals surface area (Å²) in [6.07, 6.45) is 0.259. The summed E-state index contributed by atoms with van der Waals surface area (Å²) in [6, 6.07) is 12.9. The molecular formula is C26H34F2N6O2S2. The van der Waals surface area contributed by atoms with Crippen molar-refractivity contribution in [2.75, 3.05) is 28.5 Å². The zero-order valence-corrected chi connectivity index (χ0v) is 23.6. The van der Waals surface area contributed by atoms with Gasteiger partial charge in [-0.3, -0.25) is 0 Å². The Hall–Kier alpha value is -2.70. The highest BCUT2D eigenvalue weighted by Crippen LogP contribution is 2.33. The number of hydrogen-bond acceptors (Lipinski definition) is 5. The molecule has 3 aromatic rings. The van der Waals surface area contributed by atoms with E-state index in [0.717, 1.165) is 16.9 Å². The molecule has 1 aliphatic heterocycles. The van der Waals surface area contributed by atoms with Gasteiger partial charge in [-0.15, -0.1) is 5.10 Å². The van der Waals surface area contributed by atoms with Gasteiger partial charge in [-0.1, -0.05) is 24.3 Å². The Morgan fingerprint density at radius 2 is 1.82 bits per heavy atom. The minimum atomic E-state index is -2.32. The van der Waals surface area contributed by atoms with Crippen molar-refractivity contribution in [3.8, 4) is 16.9 Å². The molecule has 1 saturated heterocycles. The van der Waals surface area contributed by atoms with Crippen LogP contribution in [0.3, 0.4) is 0 Å². The lowest BCUT2D eigenvalue weighted by Gasteiger charge is -2.34. The molecule has 4 rings (SSSR count). The van der Waals surface area contributed by atoms with Gasteiger partial charge in [-0.05, 0) is 63.9 Å². The third-order valence-corrected chi connectivity index (χ3v) is 8.66. The summed E-state index contributed by atoms with van der Waals surface area (Å²) in [5, 5.41) is 8.71. The molecule has 0 amide bonds. The Morgan fingerprint density at radius 3 is 2.47 bits per heavy atom. The van der Waals surface area contributed by atoms with Gasteiger partial charge in [0.05, 0.1) is 22.5 Å². The van der Waals surface area contributed by atoms with Crippen molar-refractivity contribution >= 4 is 33.3 Å². The van der Waals surface area contributed by atoms with E-state index in [4.69, 9.17) is 0 Å². The fraction of sp³-hybridized carbons (Fsp3) is 0.462. The van der Waals surface area contributed by atoms with Crippen molar-refractivity contribution < 1.29 is 17.2 Å². The summed E-state index contributed by atoms with van der Waals surface area (Å²) in [6.45, 7) is 8.66. The fourth-order valence-electron chi connectivity index (χ4n) is 4.25. The summed E-state index contributed by atoms with van der Waals surface area (Å²) < 4.78 is 59.1. The number of piperidine rings is 1. The summed E-state index contributed by atoms with van der Waals surface area (Å²) in [5.74, 6) is -0.148. The molecule has 206 valence electrons. The number of hydrogen-bond donors (Lipinski definition) is 2. The van der Waals surface area contributed by atoms with Crippen molar-refractivity contribution in [2.45, 2.75) is 57.4 Å². The number of anilines is 2. The average molecular weight is 565 g/mol. The van der Waals surface area contributed by atoms with Crippen molar-refractivity contribution in [1.82, 2.24) is 19.7 Å². The predicted octanol–water partition coefficient (Wildman–Crippen LogP) is 4.92. The Morgan fingerprint density at radius 1 is 1.08 bits per heavy atom. The smallest absolute Gasteiger partial charge is 0.241 e. The van der Waals surface area contributed by atoms with E-state index in [2.05, 4.69) is 24.7 Å². The number of benzene rings is 2. The number of aromatic nitrogens is 3. The molecule has 8 nitrogen and oxygen atoms in total. The van der Waals surface area contributed by atoms with E-state index in [-0.39, 0.29) is 5.54 Å². The predicted molar refractivity (Wildman–Crippen MR) is 149 cm³/mol. The molecular weight excluding hydrogens is 530 g/mol. The molecule has 1 aliphatic rings. The van der Waals surface area contributed by atoms with Gasteiger partial charge in [-0.25, -0.2) is 26.6 Å². The van der Waals surface area contributed by atoms with Crippen molar-refractivity contribution in [3.63, 3.8) is 0 Å². The molecule has 2 aromatic carbocycles.